The van der Waals surface area contributed by atoms with Crippen LogP contribution < -0.4 is 4.90 Å². The number of anilines is 1. The second-order valence-electron chi connectivity index (χ2n) is 7.01. The Kier molecular flexibility index (Phi) is 4.25. The molecule has 8 heteroatoms. The minimum absolute atomic E-state index is 0.272. The largest absolute Gasteiger partial charge is 0.352 e. The van der Waals surface area contributed by atoms with Gasteiger partial charge in [0, 0.05) is 32.4 Å². The predicted molar refractivity (Wildman–Crippen MR) is 110 cm³/mol. The van der Waals surface area contributed by atoms with E-state index in [1.807, 2.05) is 42.6 Å². The van der Waals surface area contributed by atoms with Gasteiger partial charge in [0.05, 0.1) is 16.6 Å². The third-order valence-corrected chi connectivity index (χ3v) is 7.27. The van der Waals surface area contributed by atoms with Crippen molar-refractivity contribution in [3.8, 4) is 0 Å². The molecule has 6 nitrogen and oxygen atoms in total. The summed E-state index contributed by atoms with van der Waals surface area (Å²) in [6.07, 6.45) is 2.00. The number of hydrogen-bond donors (Lipinski definition) is 0. The zero-order valence-corrected chi connectivity index (χ0v) is 16.4. The Morgan fingerprint density at radius 2 is 1.52 bits per heavy atom. The lowest BCUT2D eigenvalue weighted by molar-refractivity contribution is 0.381. The topological polar surface area (TPSA) is 57.9 Å². The van der Waals surface area contributed by atoms with E-state index < -0.39 is 15.8 Å². The second kappa shape index (κ2) is 6.82. The van der Waals surface area contributed by atoms with E-state index in [0.29, 0.717) is 13.1 Å². The Balaban J connectivity index is 1.45. The van der Waals surface area contributed by atoms with Gasteiger partial charge in [-0.15, -0.1) is 0 Å². The normalized spacial score (nSPS) is 16.0. The molecule has 2 aromatic heterocycles. The fourth-order valence-electron chi connectivity index (χ4n) is 3.87. The van der Waals surface area contributed by atoms with Crippen LogP contribution in [0.3, 0.4) is 0 Å². The first kappa shape index (κ1) is 18.1. The maximum Gasteiger partial charge on any atom is 0.246 e. The first-order chi connectivity index (χ1) is 14.1. The average molecular weight is 410 g/mol. The van der Waals surface area contributed by atoms with Gasteiger partial charge < -0.3 is 9.30 Å². The summed E-state index contributed by atoms with van der Waals surface area (Å²) in [5.41, 5.74) is 2.89. The molecule has 1 fully saturated rings. The number of hydrogen-bond acceptors (Lipinski definition) is 4. The summed E-state index contributed by atoms with van der Waals surface area (Å²) < 4.78 is 43.2. The van der Waals surface area contributed by atoms with Gasteiger partial charge in [-0.1, -0.05) is 24.3 Å². The SMILES string of the molecule is O=S(=O)(c1ccccc1F)N1CCN(c2nc3ccccc3n3cccc23)CC1. The molecule has 148 valence electrons. The van der Waals surface area contributed by atoms with Crippen molar-refractivity contribution < 1.29 is 12.8 Å². The summed E-state index contributed by atoms with van der Waals surface area (Å²) in [5, 5.41) is 0. The molecule has 0 unspecified atom stereocenters. The quantitative estimate of drug-likeness (QED) is 0.521. The van der Waals surface area contributed by atoms with Crippen LogP contribution in [0.1, 0.15) is 0 Å². The Morgan fingerprint density at radius 1 is 0.828 bits per heavy atom. The van der Waals surface area contributed by atoms with Gasteiger partial charge in [-0.3, -0.25) is 0 Å². The van der Waals surface area contributed by atoms with Crippen molar-refractivity contribution in [3.63, 3.8) is 0 Å². The van der Waals surface area contributed by atoms with Gasteiger partial charge in [0.25, 0.3) is 0 Å². The Labute approximate surface area is 167 Å². The third-order valence-electron chi connectivity index (χ3n) is 5.34. The molecule has 0 bridgehead atoms. The lowest BCUT2D eigenvalue weighted by Gasteiger charge is -2.35. The molecule has 0 saturated carbocycles. The smallest absolute Gasteiger partial charge is 0.246 e. The van der Waals surface area contributed by atoms with Crippen molar-refractivity contribution in [2.75, 3.05) is 31.1 Å². The Morgan fingerprint density at radius 3 is 2.31 bits per heavy atom. The van der Waals surface area contributed by atoms with Gasteiger partial charge in [-0.05, 0) is 36.4 Å². The summed E-state index contributed by atoms with van der Waals surface area (Å²) >= 11 is 0. The molecule has 5 rings (SSSR count). The van der Waals surface area contributed by atoms with E-state index in [0.717, 1.165) is 22.4 Å². The highest BCUT2D eigenvalue weighted by atomic mass is 32.2. The van der Waals surface area contributed by atoms with Crippen LogP contribution in [-0.2, 0) is 10.0 Å². The van der Waals surface area contributed by atoms with Gasteiger partial charge in [0.2, 0.25) is 10.0 Å². The highest BCUT2D eigenvalue weighted by Crippen LogP contribution is 2.27. The first-order valence-corrected chi connectivity index (χ1v) is 10.9. The lowest BCUT2D eigenvalue weighted by atomic mass is 10.2. The van der Waals surface area contributed by atoms with E-state index in [2.05, 4.69) is 9.30 Å². The van der Waals surface area contributed by atoms with Crippen molar-refractivity contribution in [1.82, 2.24) is 13.7 Å². The van der Waals surface area contributed by atoms with Gasteiger partial charge in [0.15, 0.2) is 5.82 Å². The predicted octanol–water partition coefficient (Wildman–Crippen LogP) is 3.14. The number of fused-ring (bicyclic) bond motifs is 3. The zero-order valence-electron chi connectivity index (χ0n) is 15.6. The summed E-state index contributed by atoms with van der Waals surface area (Å²) in [7, 11) is -3.86. The molecule has 4 aromatic rings. The first-order valence-electron chi connectivity index (χ1n) is 9.41. The number of aromatic nitrogens is 2. The number of sulfonamides is 1. The van der Waals surface area contributed by atoms with Crippen LogP contribution in [0.25, 0.3) is 16.6 Å². The molecule has 0 amide bonds. The van der Waals surface area contributed by atoms with E-state index in [1.165, 1.54) is 28.6 Å². The summed E-state index contributed by atoms with van der Waals surface area (Å²) in [5.74, 6) is 0.109. The average Bonchev–Trinajstić information content (AvgIpc) is 3.24. The van der Waals surface area contributed by atoms with E-state index in [-0.39, 0.29) is 18.0 Å². The van der Waals surface area contributed by atoms with Crippen molar-refractivity contribution in [1.29, 1.82) is 0 Å². The minimum Gasteiger partial charge on any atom is -0.352 e. The molecule has 0 aliphatic carbocycles. The molecule has 29 heavy (non-hydrogen) atoms. The van der Waals surface area contributed by atoms with Crippen LogP contribution in [0.5, 0.6) is 0 Å². The summed E-state index contributed by atoms with van der Waals surface area (Å²) in [4.78, 5) is 6.66. The number of halogens is 1. The molecule has 0 spiro atoms. The number of piperazine rings is 1. The van der Waals surface area contributed by atoms with Crippen LogP contribution in [0.2, 0.25) is 0 Å². The maximum atomic E-state index is 14.0. The van der Waals surface area contributed by atoms with Crippen molar-refractivity contribution in [2.24, 2.45) is 0 Å². The van der Waals surface area contributed by atoms with Crippen LogP contribution in [0.15, 0.2) is 71.8 Å². The van der Waals surface area contributed by atoms with Gasteiger partial charge >= 0.3 is 0 Å². The van der Waals surface area contributed by atoms with Crippen LogP contribution in [-0.4, -0.2) is 48.3 Å². The highest BCUT2D eigenvalue weighted by Gasteiger charge is 2.31. The number of para-hydroxylation sites is 2. The second-order valence-corrected chi connectivity index (χ2v) is 8.92. The van der Waals surface area contributed by atoms with Crippen LogP contribution in [0.4, 0.5) is 10.2 Å². The molecule has 2 aromatic carbocycles. The molecule has 1 aliphatic heterocycles. The molecule has 1 saturated heterocycles. The third kappa shape index (κ3) is 2.95. The van der Waals surface area contributed by atoms with Gasteiger partial charge in [-0.2, -0.15) is 4.31 Å². The Bertz CT molecular complexity index is 1310. The zero-order chi connectivity index (χ0) is 20.0. The van der Waals surface area contributed by atoms with Crippen molar-refractivity contribution in [3.05, 3.63) is 72.7 Å². The van der Waals surface area contributed by atoms with Crippen LogP contribution in [0, 0.1) is 5.82 Å². The molecular formula is C21H19FN4O2S. The minimum atomic E-state index is -3.86. The van der Waals surface area contributed by atoms with Crippen molar-refractivity contribution in [2.45, 2.75) is 4.90 Å². The molecule has 3 heterocycles. The molecule has 0 radical (unpaired) electrons. The van der Waals surface area contributed by atoms with Crippen LogP contribution >= 0.6 is 0 Å². The fraction of sp³-hybridized carbons (Fsp3) is 0.190. The Hall–Kier alpha value is -2.97. The number of benzene rings is 2. The number of nitrogens with zero attached hydrogens (tertiary/aromatic N) is 4. The van der Waals surface area contributed by atoms with E-state index in [1.54, 1.807) is 0 Å². The standard InChI is InChI=1S/C21H19FN4O2S/c22-16-6-1-4-10-20(16)29(27,28)25-14-12-24(13-15-25)21-19-9-5-11-26(19)18-8-3-2-7-17(18)23-21/h1-11H,12-15H2. The van der Waals surface area contributed by atoms with Crippen molar-refractivity contribution >= 4 is 32.4 Å². The lowest BCUT2D eigenvalue weighted by Crippen LogP contribution is -2.49. The number of rotatable bonds is 3. The fourth-order valence-corrected chi connectivity index (χ4v) is 5.36. The molecule has 0 atom stereocenters. The van der Waals surface area contributed by atoms with Gasteiger partial charge in [0.1, 0.15) is 10.7 Å². The van der Waals surface area contributed by atoms with E-state index in [4.69, 9.17) is 4.98 Å². The molecule has 1 aliphatic rings. The highest BCUT2D eigenvalue weighted by molar-refractivity contribution is 7.89. The summed E-state index contributed by atoms with van der Waals surface area (Å²) in [6.45, 7) is 1.52. The van der Waals surface area contributed by atoms with E-state index >= 15 is 0 Å². The molecular weight excluding hydrogens is 391 g/mol. The monoisotopic (exact) mass is 410 g/mol. The maximum absolute atomic E-state index is 14.0. The summed E-state index contributed by atoms with van der Waals surface area (Å²) in [6, 6.07) is 17.4. The van der Waals surface area contributed by atoms with E-state index in [9.17, 15) is 12.8 Å². The molecule has 0 N–H and O–H groups in total. The van der Waals surface area contributed by atoms with Gasteiger partial charge in [-0.25, -0.2) is 17.8 Å².